The molecule has 0 radical (unpaired) electrons. The van der Waals surface area contributed by atoms with Crippen LogP contribution in [0.3, 0.4) is 0 Å². The van der Waals surface area contributed by atoms with E-state index in [1.54, 1.807) is 18.2 Å². The molecule has 1 heterocycles. The summed E-state index contributed by atoms with van der Waals surface area (Å²) in [6.45, 7) is 0. The van der Waals surface area contributed by atoms with Gasteiger partial charge in [0.2, 0.25) is 5.95 Å². The van der Waals surface area contributed by atoms with Crippen molar-refractivity contribution >= 4 is 29.1 Å². The van der Waals surface area contributed by atoms with Gasteiger partial charge in [0, 0.05) is 23.7 Å². The Kier molecular flexibility index (Phi) is 5.29. The Bertz CT molecular complexity index is 1070. The third-order valence-corrected chi connectivity index (χ3v) is 4.53. The van der Waals surface area contributed by atoms with Crippen LogP contribution in [0.5, 0.6) is 11.5 Å². The molecule has 1 aliphatic rings. The van der Waals surface area contributed by atoms with Crippen LogP contribution in [-0.2, 0) is 0 Å². The summed E-state index contributed by atoms with van der Waals surface area (Å²) in [6, 6.07) is 11.9. The molecule has 6 nitrogen and oxygen atoms in total. The normalized spacial score (nSPS) is 13.7. The summed E-state index contributed by atoms with van der Waals surface area (Å²) in [5.74, 6) is 0.408. The zero-order valence-corrected chi connectivity index (χ0v) is 16.1. The van der Waals surface area contributed by atoms with Crippen LogP contribution in [0.15, 0.2) is 48.5 Å². The van der Waals surface area contributed by atoms with Gasteiger partial charge in [-0.2, -0.15) is 4.98 Å². The fourth-order valence-corrected chi connectivity index (χ4v) is 2.95. The van der Waals surface area contributed by atoms with Crippen LogP contribution in [0.4, 0.5) is 30.6 Å². The lowest BCUT2D eigenvalue weighted by Crippen LogP contribution is -2.17. The highest BCUT2D eigenvalue weighted by Gasteiger charge is 2.31. The molecule has 1 fully saturated rings. The van der Waals surface area contributed by atoms with Crippen LogP contribution in [0, 0.1) is 0 Å². The van der Waals surface area contributed by atoms with Crippen LogP contribution < -0.4 is 15.4 Å². The fourth-order valence-electron chi connectivity index (χ4n) is 2.73. The van der Waals surface area contributed by atoms with Crippen molar-refractivity contribution in [1.29, 1.82) is 0 Å². The quantitative estimate of drug-likeness (QED) is 0.429. The standard InChI is InChI=1S/C20H16ClF3N4O2/c21-15-9-13(29)6-7-16(15)26-18-10-17(27-19(28-18)25-12-4-5-12)11-2-1-3-14(8-11)30-20(22,23)24/h1-3,6-10,12,29H,4-5H2,(H2,25,26,27,28). The molecule has 0 saturated heterocycles. The summed E-state index contributed by atoms with van der Waals surface area (Å²) in [7, 11) is 0. The average Bonchev–Trinajstić information content (AvgIpc) is 3.47. The molecule has 10 heteroatoms. The molecule has 4 rings (SSSR count). The number of nitrogens with one attached hydrogen (secondary N) is 2. The van der Waals surface area contributed by atoms with Crippen LogP contribution >= 0.6 is 11.6 Å². The van der Waals surface area contributed by atoms with Gasteiger partial charge in [0.05, 0.1) is 16.4 Å². The highest BCUT2D eigenvalue weighted by atomic mass is 35.5. The van der Waals surface area contributed by atoms with Crippen LogP contribution in [0.2, 0.25) is 5.02 Å². The van der Waals surface area contributed by atoms with E-state index in [2.05, 4.69) is 25.3 Å². The number of ether oxygens (including phenoxy) is 1. The summed E-state index contributed by atoms with van der Waals surface area (Å²) >= 11 is 6.15. The van der Waals surface area contributed by atoms with Crippen LogP contribution in [0.25, 0.3) is 11.3 Å². The van der Waals surface area contributed by atoms with E-state index in [1.165, 1.54) is 30.3 Å². The zero-order chi connectivity index (χ0) is 21.3. The van der Waals surface area contributed by atoms with E-state index in [9.17, 15) is 18.3 Å². The van der Waals surface area contributed by atoms with Gasteiger partial charge in [-0.25, -0.2) is 4.98 Å². The lowest BCUT2D eigenvalue weighted by atomic mass is 10.1. The molecule has 2 aromatic carbocycles. The summed E-state index contributed by atoms with van der Waals surface area (Å²) in [6.07, 6.45) is -2.80. The Hall–Kier alpha value is -3.20. The number of nitrogens with zero attached hydrogens (tertiary/aromatic N) is 2. The molecule has 1 aromatic heterocycles. The summed E-state index contributed by atoms with van der Waals surface area (Å²) in [5, 5.41) is 16.0. The second kappa shape index (κ2) is 7.91. The number of aromatic nitrogens is 2. The number of anilines is 3. The third kappa shape index (κ3) is 5.24. The van der Waals surface area contributed by atoms with Gasteiger partial charge in [-0.15, -0.1) is 13.2 Å². The first-order chi connectivity index (χ1) is 14.2. The first kappa shape index (κ1) is 20.1. The number of benzene rings is 2. The molecule has 0 spiro atoms. The molecule has 1 saturated carbocycles. The lowest BCUT2D eigenvalue weighted by molar-refractivity contribution is -0.274. The van der Waals surface area contributed by atoms with Gasteiger partial charge < -0.3 is 20.5 Å². The van der Waals surface area contributed by atoms with Gasteiger partial charge in [-0.1, -0.05) is 23.7 Å². The molecule has 156 valence electrons. The Morgan fingerprint density at radius 1 is 1.07 bits per heavy atom. The zero-order valence-electron chi connectivity index (χ0n) is 15.4. The lowest BCUT2D eigenvalue weighted by Gasteiger charge is -2.13. The van der Waals surface area contributed by atoms with E-state index in [0.717, 1.165) is 12.8 Å². The molecular formula is C20H16ClF3N4O2. The fraction of sp³-hybridized carbons (Fsp3) is 0.200. The van der Waals surface area contributed by atoms with Crippen molar-refractivity contribution < 1.29 is 23.0 Å². The Morgan fingerprint density at radius 2 is 1.87 bits per heavy atom. The maximum atomic E-state index is 12.6. The minimum atomic E-state index is -4.79. The van der Waals surface area contributed by atoms with E-state index in [1.807, 2.05) is 0 Å². The number of halogens is 4. The van der Waals surface area contributed by atoms with Crippen molar-refractivity contribution in [2.75, 3.05) is 10.6 Å². The Labute approximate surface area is 174 Å². The summed E-state index contributed by atoms with van der Waals surface area (Å²) in [5.41, 5.74) is 1.33. The van der Waals surface area contributed by atoms with Crippen molar-refractivity contribution in [1.82, 2.24) is 9.97 Å². The first-order valence-corrected chi connectivity index (χ1v) is 9.40. The Morgan fingerprint density at radius 3 is 2.57 bits per heavy atom. The number of hydrogen-bond acceptors (Lipinski definition) is 6. The van der Waals surface area contributed by atoms with Crippen LogP contribution in [0.1, 0.15) is 12.8 Å². The number of phenols is 1. The van der Waals surface area contributed by atoms with Crippen molar-refractivity contribution in [3.63, 3.8) is 0 Å². The van der Waals surface area contributed by atoms with Crippen molar-refractivity contribution in [3.8, 4) is 22.8 Å². The number of hydrogen-bond donors (Lipinski definition) is 3. The van der Waals surface area contributed by atoms with Crippen molar-refractivity contribution in [3.05, 3.63) is 53.6 Å². The molecule has 0 unspecified atom stereocenters. The molecule has 0 bridgehead atoms. The summed E-state index contributed by atoms with van der Waals surface area (Å²) < 4.78 is 41.7. The molecule has 0 aliphatic heterocycles. The van der Waals surface area contributed by atoms with Gasteiger partial charge in [-0.05, 0) is 37.1 Å². The van der Waals surface area contributed by atoms with Gasteiger partial charge in [0.1, 0.15) is 17.3 Å². The third-order valence-electron chi connectivity index (χ3n) is 4.22. The maximum absolute atomic E-state index is 12.6. The maximum Gasteiger partial charge on any atom is 0.573 e. The second-order valence-corrected chi connectivity index (χ2v) is 7.15. The van der Waals surface area contributed by atoms with E-state index in [0.29, 0.717) is 28.7 Å². The molecule has 0 atom stereocenters. The highest BCUT2D eigenvalue weighted by molar-refractivity contribution is 6.33. The van der Waals surface area contributed by atoms with Gasteiger partial charge in [-0.3, -0.25) is 0 Å². The second-order valence-electron chi connectivity index (χ2n) is 6.75. The molecule has 3 N–H and O–H groups in total. The molecule has 0 amide bonds. The minimum Gasteiger partial charge on any atom is -0.508 e. The smallest absolute Gasteiger partial charge is 0.508 e. The predicted octanol–water partition coefficient (Wildman–Crippen LogP) is 5.72. The van der Waals surface area contributed by atoms with E-state index in [4.69, 9.17) is 11.6 Å². The van der Waals surface area contributed by atoms with Gasteiger partial charge in [0.25, 0.3) is 0 Å². The average molecular weight is 437 g/mol. The van der Waals surface area contributed by atoms with E-state index < -0.39 is 6.36 Å². The topological polar surface area (TPSA) is 79.3 Å². The monoisotopic (exact) mass is 436 g/mol. The molecule has 1 aliphatic carbocycles. The van der Waals surface area contributed by atoms with Crippen molar-refractivity contribution in [2.24, 2.45) is 0 Å². The molecule has 3 aromatic rings. The van der Waals surface area contributed by atoms with E-state index >= 15 is 0 Å². The minimum absolute atomic E-state index is 0.0199. The van der Waals surface area contributed by atoms with Gasteiger partial charge in [0.15, 0.2) is 0 Å². The number of alkyl halides is 3. The highest BCUT2D eigenvalue weighted by Crippen LogP contribution is 2.32. The summed E-state index contributed by atoms with van der Waals surface area (Å²) in [4.78, 5) is 8.84. The first-order valence-electron chi connectivity index (χ1n) is 9.02. The number of rotatable bonds is 6. The predicted molar refractivity (Wildman–Crippen MR) is 107 cm³/mol. The molecular weight excluding hydrogens is 421 g/mol. The van der Waals surface area contributed by atoms with Crippen LogP contribution in [-0.4, -0.2) is 27.5 Å². The van der Waals surface area contributed by atoms with E-state index in [-0.39, 0.29) is 22.6 Å². The largest absolute Gasteiger partial charge is 0.573 e. The number of phenolic OH excluding ortho intramolecular Hbond substituents is 1. The Balaban J connectivity index is 1.68. The van der Waals surface area contributed by atoms with Crippen molar-refractivity contribution in [2.45, 2.75) is 25.2 Å². The van der Waals surface area contributed by atoms with Gasteiger partial charge >= 0.3 is 6.36 Å². The SMILES string of the molecule is Oc1ccc(Nc2cc(-c3cccc(OC(F)(F)F)c3)nc(NC3CC3)n2)c(Cl)c1. The number of aromatic hydroxyl groups is 1. The molecule has 30 heavy (non-hydrogen) atoms.